The minimum Gasteiger partial charge on any atom is -0.381 e. The zero-order chi connectivity index (χ0) is 26.6. The fourth-order valence-corrected chi connectivity index (χ4v) is 5.86. The van der Waals surface area contributed by atoms with Crippen LogP contribution >= 0.6 is 11.6 Å². The van der Waals surface area contributed by atoms with Crippen LogP contribution in [0, 0.1) is 18.8 Å². The second-order valence-electron chi connectivity index (χ2n) is 10.4. The second-order valence-corrected chi connectivity index (χ2v) is 10.7. The van der Waals surface area contributed by atoms with Gasteiger partial charge < -0.3 is 10.1 Å². The van der Waals surface area contributed by atoms with Crippen molar-refractivity contribution in [1.29, 1.82) is 0 Å². The van der Waals surface area contributed by atoms with E-state index in [-0.39, 0.29) is 16.8 Å². The summed E-state index contributed by atoms with van der Waals surface area (Å²) in [7, 11) is 0. The molecule has 2 aromatic rings. The van der Waals surface area contributed by atoms with Gasteiger partial charge in [0, 0.05) is 31.1 Å². The number of aryl methyl sites for hydroxylation is 1. The van der Waals surface area contributed by atoms with Crippen LogP contribution in [0.4, 0.5) is 19.0 Å². The maximum Gasteiger partial charge on any atom is 0.416 e. The Morgan fingerprint density at radius 1 is 1.19 bits per heavy atom. The highest BCUT2D eigenvalue weighted by Crippen LogP contribution is 2.37. The maximum absolute atomic E-state index is 13.4. The van der Waals surface area contributed by atoms with Gasteiger partial charge >= 0.3 is 6.18 Å². The van der Waals surface area contributed by atoms with Crippen LogP contribution in [-0.4, -0.2) is 29.0 Å². The highest BCUT2D eigenvalue weighted by atomic mass is 35.5. The molecule has 9 heteroatoms. The minimum absolute atomic E-state index is 0.0899. The fourth-order valence-electron chi connectivity index (χ4n) is 5.67. The van der Waals surface area contributed by atoms with Crippen molar-refractivity contribution in [3.05, 3.63) is 51.4 Å². The zero-order valence-electron chi connectivity index (χ0n) is 21.5. The van der Waals surface area contributed by atoms with Crippen LogP contribution < -0.4 is 5.32 Å². The molecule has 0 saturated carbocycles. The third kappa shape index (κ3) is 7.02. The first kappa shape index (κ1) is 27.8. The number of hydrogen-bond donors (Lipinski definition) is 1. The molecule has 1 unspecified atom stereocenters. The minimum atomic E-state index is -4.41. The third-order valence-corrected chi connectivity index (χ3v) is 7.97. The number of carbonyl (C=O) groups excluding carboxylic acids is 1. The summed E-state index contributed by atoms with van der Waals surface area (Å²) in [6.45, 7) is 4.76. The van der Waals surface area contributed by atoms with E-state index in [0.29, 0.717) is 42.5 Å². The van der Waals surface area contributed by atoms with Gasteiger partial charge in [-0.05, 0) is 93.5 Å². The van der Waals surface area contributed by atoms with Gasteiger partial charge in [0.2, 0.25) is 5.28 Å². The number of aromatic nitrogens is 2. The Balaban J connectivity index is 1.45. The van der Waals surface area contributed by atoms with E-state index in [0.717, 1.165) is 68.9 Å². The van der Waals surface area contributed by atoms with Crippen LogP contribution in [0.1, 0.15) is 85.9 Å². The lowest BCUT2D eigenvalue weighted by molar-refractivity contribution is -0.138. The Morgan fingerprint density at radius 3 is 2.78 bits per heavy atom. The molecule has 0 bridgehead atoms. The molecule has 1 saturated heterocycles. The molecule has 5 nitrogen and oxygen atoms in total. The molecule has 4 rings (SSSR count). The van der Waals surface area contributed by atoms with E-state index < -0.39 is 17.8 Å². The van der Waals surface area contributed by atoms with E-state index in [2.05, 4.69) is 15.3 Å². The molecule has 37 heavy (non-hydrogen) atoms. The van der Waals surface area contributed by atoms with Crippen molar-refractivity contribution in [1.82, 2.24) is 9.97 Å². The topological polar surface area (TPSA) is 64.1 Å². The number of carbonyl (C=O) groups is 1. The third-order valence-electron chi connectivity index (χ3n) is 7.80. The van der Waals surface area contributed by atoms with E-state index in [9.17, 15) is 18.0 Å². The summed E-state index contributed by atoms with van der Waals surface area (Å²) in [6.07, 6.45) is 3.12. The molecule has 1 aliphatic heterocycles. The molecule has 1 aromatic heterocycles. The number of halogens is 4. The monoisotopic (exact) mass is 537 g/mol. The molecule has 1 aromatic carbocycles. The number of ether oxygens (including phenoxy) is 1. The highest BCUT2D eigenvalue weighted by molar-refractivity contribution is 6.28. The number of nitrogens with one attached hydrogen (secondary N) is 1. The van der Waals surface area contributed by atoms with Crippen LogP contribution in [-0.2, 0) is 28.5 Å². The Morgan fingerprint density at radius 2 is 2.00 bits per heavy atom. The van der Waals surface area contributed by atoms with Gasteiger partial charge in [0.15, 0.2) is 0 Å². The standard InChI is InChI=1S/C28H35ClF3N3O2/c1-17-21(7-5-8-23(17)28(30,31)32)18(2)33-26-22-16-19(9-11-24(22)34-27(29)35-26)10-12-25(36)20-6-3-4-14-37-15-13-20/h5,7-8,18-20H,3-4,6,9-16H2,1-2H3,(H,33,34,35)/t18-,19?,20+/m1/s1. The van der Waals surface area contributed by atoms with E-state index in [1.165, 1.54) is 13.0 Å². The molecule has 1 aliphatic carbocycles. The molecule has 0 amide bonds. The van der Waals surface area contributed by atoms with Crippen molar-refractivity contribution in [3.8, 4) is 0 Å². The lowest BCUT2D eigenvalue weighted by atomic mass is 9.82. The van der Waals surface area contributed by atoms with Crippen LogP contribution in [0.2, 0.25) is 5.28 Å². The van der Waals surface area contributed by atoms with E-state index in [4.69, 9.17) is 16.3 Å². The van der Waals surface area contributed by atoms with Gasteiger partial charge in [-0.15, -0.1) is 0 Å². The molecule has 1 N–H and O–H groups in total. The van der Waals surface area contributed by atoms with E-state index in [1.54, 1.807) is 6.07 Å². The average molecular weight is 538 g/mol. The van der Waals surface area contributed by atoms with Crippen molar-refractivity contribution in [2.45, 2.75) is 83.9 Å². The SMILES string of the molecule is Cc1c([C@@H](C)Nc2nc(Cl)nc3c2CC(CCC(=O)[C@H]2CCCCOCC2)CC3)cccc1C(F)(F)F. The summed E-state index contributed by atoms with van der Waals surface area (Å²) in [4.78, 5) is 21.7. The van der Waals surface area contributed by atoms with Gasteiger partial charge in [0.05, 0.1) is 17.3 Å². The number of alkyl halides is 3. The quantitative estimate of drug-likeness (QED) is 0.376. The molecule has 0 radical (unpaired) electrons. The smallest absolute Gasteiger partial charge is 0.381 e. The summed E-state index contributed by atoms with van der Waals surface area (Å²) in [5.41, 5.74) is 1.93. The first-order chi connectivity index (χ1) is 17.6. The molecule has 2 aliphatic rings. The largest absolute Gasteiger partial charge is 0.416 e. The van der Waals surface area contributed by atoms with Crippen molar-refractivity contribution >= 4 is 23.2 Å². The van der Waals surface area contributed by atoms with Crippen LogP contribution in [0.25, 0.3) is 0 Å². The van der Waals surface area contributed by atoms with E-state index >= 15 is 0 Å². The lowest BCUT2D eigenvalue weighted by Crippen LogP contribution is -2.23. The molecular formula is C28H35ClF3N3O2. The molecular weight excluding hydrogens is 503 g/mol. The summed E-state index contributed by atoms with van der Waals surface area (Å²) < 4.78 is 45.9. The van der Waals surface area contributed by atoms with Crippen molar-refractivity contribution < 1.29 is 22.7 Å². The summed E-state index contributed by atoms with van der Waals surface area (Å²) in [5, 5.41) is 3.43. The maximum atomic E-state index is 13.4. The Hall–Kier alpha value is -2.19. The van der Waals surface area contributed by atoms with Gasteiger partial charge in [-0.1, -0.05) is 18.6 Å². The summed E-state index contributed by atoms with van der Waals surface area (Å²) >= 11 is 6.21. The summed E-state index contributed by atoms with van der Waals surface area (Å²) in [5.74, 6) is 1.30. The lowest BCUT2D eigenvalue weighted by Gasteiger charge is -2.28. The predicted octanol–water partition coefficient (Wildman–Crippen LogP) is 7.29. The average Bonchev–Trinajstić information content (AvgIpc) is 2.81. The second kappa shape index (κ2) is 12.1. The summed E-state index contributed by atoms with van der Waals surface area (Å²) in [6, 6.07) is 3.82. The number of anilines is 1. The number of hydrogen-bond acceptors (Lipinski definition) is 5. The van der Waals surface area contributed by atoms with Gasteiger partial charge in [-0.3, -0.25) is 4.79 Å². The van der Waals surface area contributed by atoms with Gasteiger partial charge in [-0.2, -0.15) is 13.2 Å². The number of benzene rings is 1. The van der Waals surface area contributed by atoms with Crippen molar-refractivity contribution in [2.24, 2.45) is 11.8 Å². The number of Topliss-reactive ketones (excluding diaryl/α,β-unsaturated/α-hetero) is 1. The van der Waals surface area contributed by atoms with Crippen molar-refractivity contribution in [2.75, 3.05) is 18.5 Å². The molecule has 1 fully saturated rings. The normalized spacial score (nSPS) is 21.5. The molecule has 3 atom stereocenters. The highest BCUT2D eigenvalue weighted by Gasteiger charge is 2.33. The number of fused-ring (bicyclic) bond motifs is 1. The number of nitrogens with zero attached hydrogens (tertiary/aromatic N) is 2. The van der Waals surface area contributed by atoms with Crippen LogP contribution in [0.5, 0.6) is 0 Å². The molecule has 2 heterocycles. The van der Waals surface area contributed by atoms with Gasteiger partial charge in [0.1, 0.15) is 11.6 Å². The molecule has 202 valence electrons. The van der Waals surface area contributed by atoms with Crippen LogP contribution in [0.15, 0.2) is 18.2 Å². The van der Waals surface area contributed by atoms with E-state index in [1.807, 2.05) is 6.92 Å². The van der Waals surface area contributed by atoms with Gasteiger partial charge in [-0.25, -0.2) is 9.97 Å². The Bertz CT molecular complexity index is 1100. The molecule has 0 spiro atoms. The predicted molar refractivity (Wildman–Crippen MR) is 138 cm³/mol. The van der Waals surface area contributed by atoms with Crippen LogP contribution in [0.3, 0.4) is 0 Å². The zero-order valence-corrected chi connectivity index (χ0v) is 22.2. The Kier molecular flexibility index (Phi) is 9.11. The van der Waals surface area contributed by atoms with Crippen molar-refractivity contribution in [3.63, 3.8) is 0 Å². The fraction of sp³-hybridized carbons (Fsp3) is 0.607. The van der Waals surface area contributed by atoms with Gasteiger partial charge in [0.25, 0.3) is 0 Å². The first-order valence-corrected chi connectivity index (χ1v) is 13.6. The Labute approximate surface area is 221 Å². The number of ketones is 1. The first-order valence-electron chi connectivity index (χ1n) is 13.2. The number of rotatable bonds is 7.